The number of carbonyl (C=O) groups excluding carboxylic acids is 1. The van der Waals surface area contributed by atoms with Gasteiger partial charge in [0, 0.05) is 19.1 Å². The Hall–Kier alpha value is -1.87. The summed E-state index contributed by atoms with van der Waals surface area (Å²) in [5.41, 5.74) is 7.21. The van der Waals surface area contributed by atoms with E-state index in [1.54, 1.807) is 0 Å². The van der Waals surface area contributed by atoms with Crippen LogP contribution in [0.5, 0.6) is 0 Å². The lowest BCUT2D eigenvalue weighted by Crippen LogP contribution is -2.53. The molecule has 1 amide bonds. The first kappa shape index (κ1) is 16.0. The Morgan fingerprint density at radius 1 is 1.22 bits per heavy atom. The van der Waals surface area contributed by atoms with Gasteiger partial charge in [0.05, 0.1) is 5.92 Å². The highest BCUT2D eigenvalue weighted by Crippen LogP contribution is 2.33. The molecule has 0 radical (unpaired) electrons. The number of fused-ring (bicyclic) bond motifs is 1. The number of benzene rings is 2. The molecule has 1 saturated carbocycles. The van der Waals surface area contributed by atoms with Gasteiger partial charge in [-0.3, -0.25) is 4.79 Å². The van der Waals surface area contributed by atoms with E-state index in [0.717, 1.165) is 25.7 Å². The normalized spacial score (nSPS) is 24.6. The molecule has 1 fully saturated rings. The Morgan fingerprint density at radius 2 is 1.96 bits per heavy atom. The Balaban J connectivity index is 1.80. The number of hydrogen-bond donors (Lipinski definition) is 1. The Bertz CT molecular complexity index is 702. The summed E-state index contributed by atoms with van der Waals surface area (Å²) in [6.07, 6.45) is 4.08. The zero-order chi connectivity index (χ0) is 16.4. The summed E-state index contributed by atoms with van der Waals surface area (Å²) in [5.74, 6) is 0.124. The summed E-state index contributed by atoms with van der Waals surface area (Å²) in [6.45, 7) is 2.66. The molecule has 1 aliphatic rings. The second kappa shape index (κ2) is 6.32. The third-order valence-corrected chi connectivity index (χ3v) is 5.22. The molecule has 2 aromatic rings. The van der Waals surface area contributed by atoms with Crippen LogP contribution in [0.2, 0.25) is 0 Å². The van der Waals surface area contributed by atoms with Crippen LogP contribution in [0.15, 0.2) is 42.5 Å². The maximum Gasteiger partial charge on any atom is 0.227 e. The molecule has 0 saturated heterocycles. The second-order valence-corrected chi connectivity index (χ2v) is 7.14. The van der Waals surface area contributed by atoms with E-state index in [2.05, 4.69) is 30.3 Å². The van der Waals surface area contributed by atoms with Gasteiger partial charge in [-0.25, -0.2) is 0 Å². The van der Waals surface area contributed by atoms with Crippen molar-refractivity contribution in [2.24, 2.45) is 11.7 Å². The van der Waals surface area contributed by atoms with E-state index < -0.39 is 0 Å². The number of amides is 1. The van der Waals surface area contributed by atoms with Gasteiger partial charge in [0.25, 0.3) is 0 Å². The molecule has 0 bridgehead atoms. The highest BCUT2D eigenvalue weighted by Gasteiger charge is 2.39. The van der Waals surface area contributed by atoms with Crippen LogP contribution in [0.4, 0.5) is 0 Å². The van der Waals surface area contributed by atoms with Gasteiger partial charge in [-0.2, -0.15) is 0 Å². The van der Waals surface area contributed by atoms with Crippen molar-refractivity contribution >= 4 is 16.7 Å². The topological polar surface area (TPSA) is 46.3 Å². The standard InChI is InChI=1S/C20H26N2O/c1-20(21)13-6-5-12-18(20)19(23)22(2)14-16-10-7-9-15-8-3-4-11-17(15)16/h3-4,7-11,18H,5-6,12-14,21H2,1-2H3. The summed E-state index contributed by atoms with van der Waals surface area (Å²) >= 11 is 0. The largest absolute Gasteiger partial charge is 0.341 e. The maximum absolute atomic E-state index is 12.9. The maximum atomic E-state index is 12.9. The number of carbonyl (C=O) groups is 1. The number of rotatable bonds is 3. The molecule has 2 N–H and O–H groups in total. The Labute approximate surface area is 138 Å². The van der Waals surface area contributed by atoms with Gasteiger partial charge in [-0.05, 0) is 36.1 Å². The lowest BCUT2D eigenvalue weighted by molar-refractivity contribution is -0.138. The first-order valence-electron chi connectivity index (χ1n) is 8.49. The van der Waals surface area contributed by atoms with Gasteiger partial charge in [-0.1, -0.05) is 55.3 Å². The molecule has 3 nitrogen and oxygen atoms in total. The lowest BCUT2D eigenvalue weighted by atomic mass is 9.74. The van der Waals surface area contributed by atoms with Crippen LogP contribution >= 0.6 is 0 Å². The SMILES string of the molecule is CN(Cc1cccc2ccccc12)C(=O)C1CCCCC1(C)N. The molecule has 0 spiro atoms. The third kappa shape index (κ3) is 3.25. The zero-order valence-corrected chi connectivity index (χ0v) is 14.1. The van der Waals surface area contributed by atoms with E-state index in [9.17, 15) is 4.79 Å². The van der Waals surface area contributed by atoms with Crippen LogP contribution < -0.4 is 5.73 Å². The fourth-order valence-electron chi connectivity index (χ4n) is 3.79. The van der Waals surface area contributed by atoms with Crippen molar-refractivity contribution in [3.63, 3.8) is 0 Å². The van der Waals surface area contributed by atoms with Gasteiger partial charge in [0.15, 0.2) is 0 Å². The number of hydrogen-bond acceptors (Lipinski definition) is 2. The Morgan fingerprint density at radius 3 is 2.74 bits per heavy atom. The fourth-order valence-corrected chi connectivity index (χ4v) is 3.79. The fraction of sp³-hybridized carbons (Fsp3) is 0.450. The van der Waals surface area contributed by atoms with Crippen LogP contribution in [-0.2, 0) is 11.3 Å². The van der Waals surface area contributed by atoms with Crippen molar-refractivity contribution in [2.45, 2.75) is 44.7 Å². The van der Waals surface area contributed by atoms with Gasteiger partial charge >= 0.3 is 0 Å². The van der Waals surface area contributed by atoms with Crippen molar-refractivity contribution in [3.05, 3.63) is 48.0 Å². The highest BCUT2D eigenvalue weighted by molar-refractivity contribution is 5.86. The summed E-state index contributed by atoms with van der Waals surface area (Å²) in [6, 6.07) is 14.6. The predicted octanol–water partition coefficient (Wildman–Crippen LogP) is 3.71. The zero-order valence-electron chi connectivity index (χ0n) is 14.1. The summed E-state index contributed by atoms with van der Waals surface area (Å²) < 4.78 is 0. The third-order valence-electron chi connectivity index (χ3n) is 5.22. The summed E-state index contributed by atoms with van der Waals surface area (Å²) in [4.78, 5) is 14.8. The molecule has 122 valence electrons. The van der Waals surface area contributed by atoms with Crippen molar-refractivity contribution < 1.29 is 4.79 Å². The number of nitrogens with zero attached hydrogens (tertiary/aromatic N) is 1. The summed E-state index contributed by atoms with van der Waals surface area (Å²) in [7, 11) is 1.90. The lowest BCUT2D eigenvalue weighted by Gasteiger charge is -2.39. The van der Waals surface area contributed by atoms with Crippen molar-refractivity contribution in [1.29, 1.82) is 0 Å². The van der Waals surface area contributed by atoms with E-state index in [1.807, 2.05) is 31.0 Å². The first-order chi connectivity index (χ1) is 11.0. The molecular weight excluding hydrogens is 284 g/mol. The highest BCUT2D eigenvalue weighted by atomic mass is 16.2. The Kier molecular flexibility index (Phi) is 4.40. The van der Waals surface area contributed by atoms with Crippen LogP contribution in [0.1, 0.15) is 38.2 Å². The molecule has 2 aromatic carbocycles. The minimum absolute atomic E-state index is 0.0590. The molecule has 0 aromatic heterocycles. The monoisotopic (exact) mass is 310 g/mol. The minimum Gasteiger partial charge on any atom is -0.341 e. The van der Waals surface area contributed by atoms with E-state index >= 15 is 0 Å². The average Bonchev–Trinajstić information content (AvgIpc) is 2.54. The van der Waals surface area contributed by atoms with E-state index in [0.29, 0.717) is 6.54 Å². The molecule has 3 rings (SSSR count). The van der Waals surface area contributed by atoms with Gasteiger partial charge < -0.3 is 10.6 Å². The van der Waals surface area contributed by atoms with Crippen LogP contribution in [-0.4, -0.2) is 23.4 Å². The molecule has 2 atom stereocenters. The first-order valence-corrected chi connectivity index (χ1v) is 8.49. The number of nitrogens with two attached hydrogens (primary N) is 1. The molecule has 23 heavy (non-hydrogen) atoms. The van der Waals surface area contributed by atoms with Crippen LogP contribution in [0, 0.1) is 5.92 Å². The predicted molar refractivity (Wildman–Crippen MR) is 95.0 cm³/mol. The van der Waals surface area contributed by atoms with Gasteiger partial charge in [0.1, 0.15) is 0 Å². The molecule has 0 aliphatic heterocycles. The van der Waals surface area contributed by atoms with Gasteiger partial charge in [-0.15, -0.1) is 0 Å². The van der Waals surface area contributed by atoms with Crippen LogP contribution in [0.25, 0.3) is 10.8 Å². The average molecular weight is 310 g/mol. The summed E-state index contributed by atoms with van der Waals surface area (Å²) in [5, 5.41) is 2.43. The van der Waals surface area contributed by atoms with Crippen molar-refractivity contribution in [3.8, 4) is 0 Å². The van der Waals surface area contributed by atoms with Crippen molar-refractivity contribution in [1.82, 2.24) is 4.90 Å². The van der Waals surface area contributed by atoms with E-state index in [1.165, 1.54) is 16.3 Å². The smallest absolute Gasteiger partial charge is 0.227 e. The molecule has 2 unspecified atom stereocenters. The molecule has 1 aliphatic carbocycles. The quantitative estimate of drug-likeness (QED) is 0.939. The van der Waals surface area contributed by atoms with E-state index in [-0.39, 0.29) is 17.4 Å². The van der Waals surface area contributed by atoms with E-state index in [4.69, 9.17) is 5.73 Å². The molecule has 3 heteroatoms. The van der Waals surface area contributed by atoms with Crippen molar-refractivity contribution in [2.75, 3.05) is 7.05 Å². The van der Waals surface area contributed by atoms with Gasteiger partial charge in [0.2, 0.25) is 5.91 Å². The minimum atomic E-state index is -0.373. The second-order valence-electron chi connectivity index (χ2n) is 7.14. The van der Waals surface area contributed by atoms with Crippen LogP contribution in [0.3, 0.4) is 0 Å². The molecule has 0 heterocycles. The molecular formula is C20H26N2O.